The van der Waals surface area contributed by atoms with Crippen molar-refractivity contribution in [1.82, 2.24) is 14.9 Å². The van der Waals surface area contributed by atoms with Gasteiger partial charge in [-0.15, -0.1) is 0 Å². The van der Waals surface area contributed by atoms with Crippen molar-refractivity contribution in [1.29, 1.82) is 5.26 Å². The van der Waals surface area contributed by atoms with E-state index < -0.39 is 0 Å². The number of nitrogens with zero attached hydrogens (tertiary/aromatic N) is 3. The van der Waals surface area contributed by atoms with E-state index in [1.54, 1.807) is 7.11 Å². The van der Waals surface area contributed by atoms with Gasteiger partial charge >= 0.3 is 0 Å². The first-order valence-electron chi connectivity index (χ1n) is 12.4. The average molecular weight is 454 g/mol. The van der Waals surface area contributed by atoms with E-state index in [-0.39, 0.29) is 0 Å². The number of hydrogen-bond donors (Lipinski definition) is 2. The molecule has 0 radical (unpaired) electrons. The second-order valence-corrected chi connectivity index (χ2v) is 9.73. The molecule has 0 amide bonds. The van der Waals surface area contributed by atoms with Crippen LogP contribution in [0.4, 0.5) is 5.69 Å². The molecule has 174 valence electrons. The van der Waals surface area contributed by atoms with Gasteiger partial charge in [-0.1, -0.05) is 0 Å². The zero-order valence-electron chi connectivity index (χ0n) is 19.7. The third-order valence-electron chi connectivity index (χ3n) is 8.01. The summed E-state index contributed by atoms with van der Waals surface area (Å²) >= 11 is 0. The molecule has 6 heteroatoms. The van der Waals surface area contributed by atoms with E-state index in [2.05, 4.69) is 50.2 Å². The smallest absolute Gasteiger partial charge is 0.123 e. The van der Waals surface area contributed by atoms with E-state index in [4.69, 9.17) is 4.74 Å². The van der Waals surface area contributed by atoms with E-state index in [0.29, 0.717) is 12.0 Å². The lowest BCUT2D eigenvalue weighted by Crippen LogP contribution is -2.51. The number of hydrogen-bond acceptors (Lipinski definition) is 4. The minimum absolute atomic E-state index is 0.582. The molecule has 1 aliphatic carbocycles. The van der Waals surface area contributed by atoms with Crippen LogP contribution in [-0.4, -0.2) is 54.2 Å². The first-order valence-corrected chi connectivity index (χ1v) is 12.4. The molecule has 2 aromatic carbocycles. The normalized spacial score (nSPS) is 21.7. The van der Waals surface area contributed by atoms with Gasteiger partial charge in [-0.05, 0) is 61.4 Å². The summed E-state index contributed by atoms with van der Waals surface area (Å²) in [6, 6.07) is 15.4. The van der Waals surface area contributed by atoms with Gasteiger partial charge in [0.1, 0.15) is 5.75 Å². The topological polar surface area (TPSA) is 71.1 Å². The summed E-state index contributed by atoms with van der Waals surface area (Å²) in [5.41, 5.74) is 5.68. The monoisotopic (exact) mass is 453 g/mol. The van der Waals surface area contributed by atoms with Crippen LogP contribution in [-0.2, 0) is 0 Å². The Morgan fingerprint density at radius 2 is 1.74 bits per heavy atom. The van der Waals surface area contributed by atoms with Crippen molar-refractivity contribution in [2.75, 3.05) is 38.2 Å². The molecule has 2 fully saturated rings. The zero-order chi connectivity index (χ0) is 23.1. The molecule has 4 aromatic rings. The van der Waals surface area contributed by atoms with Crippen LogP contribution in [0, 0.1) is 11.3 Å². The Morgan fingerprint density at radius 3 is 2.50 bits per heavy atom. The van der Waals surface area contributed by atoms with Crippen LogP contribution in [0.15, 0.2) is 48.8 Å². The van der Waals surface area contributed by atoms with Crippen LogP contribution in [0.5, 0.6) is 5.75 Å². The van der Waals surface area contributed by atoms with Gasteiger partial charge in [-0.2, -0.15) is 5.26 Å². The van der Waals surface area contributed by atoms with Crippen LogP contribution in [0.3, 0.4) is 0 Å². The number of nitrogens with one attached hydrogen (secondary N) is 2. The van der Waals surface area contributed by atoms with Crippen molar-refractivity contribution in [2.45, 2.75) is 37.6 Å². The summed E-state index contributed by atoms with van der Waals surface area (Å²) in [7, 11) is 1.74. The summed E-state index contributed by atoms with van der Waals surface area (Å²) < 4.78 is 5.54. The molecule has 0 atom stereocenters. The lowest BCUT2D eigenvalue weighted by molar-refractivity contribution is 0.141. The predicted molar refractivity (Wildman–Crippen MR) is 137 cm³/mol. The second kappa shape index (κ2) is 8.73. The second-order valence-electron chi connectivity index (χ2n) is 9.73. The maximum atomic E-state index is 9.30. The Labute approximate surface area is 200 Å². The Kier molecular flexibility index (Phi) is 5.43. The van der Waals surface area contributed by atoms with Gasteiger partial charge in [0.25, 0.3) is 0 Å². The van der Waals surface area contributed by atoms with Crippen LogP contribution >= 0.6 is 0 Å². The van der Waals surface area contributed by atoms with Gasteiger partial charge in [0.15, 0.2) is 0 Å². The molecule has 1 saturated carbocycles. The minimum atomic E-state index is 0.582. The lowest BCUT2D eigenvalue weighted by atomic mass is 9.81. The Bertz CT molecular complexity index is 1350. The SMILES string of the molecule is COc1cc(N2CCN(C3CCC(c4c[nH]c5ccc(C#N)cc45)CC3)CC2)c2cc[nH]c2c1. The van der Waals surface area contributed by atoms with Gasteiger partial charge in [0, 0.05) is 78.7 Å². The average Bonchev–Trinajstić information content (AvgIpc) is 3.55. The number of aromatic nitrogens is 2. The molecule has 34 heavy (non-hydrogen) atoms. The number of benzene rings is 2. The van der Waals surface area contributed by atoms with Crippen LogP contribution in [0.1, 0.15) is 42.7 Å². The molecular formula is C28H31N5O. The Balaban J connectivity index is 1.10. The lowest BCUT2D eigenvalue weighted by Gasteiger charge is -2.43. The van der Waals surface area contributed by atoms with Crippen molar-refractivity contribution in [3.8, 4) is 11.8 Å². The number of rotatable bonds is 4. The maximum Gasteiger partial charge on any atom is 0.123 e. The van der Waals surface area contributed by atoms with Crippen molar-refractivity contribution in [3.05, 3.63) is 59.9 Å². The fourth-order valence-electron chi connectivity index (χ4n) is 6.13. The highest BCUT2D eigenvalue weighted by Crippen LogP contribution is 2.39. The molecule has 1 saturated heterocycles. The third-order valence-corrected chi connectivity index (χ3v) is 8.01. The molecule has 6 rings (SSSR count). The fourth-order valence-corrected chi connectivity index (χ4v) is 6.13. The number of ether oxygens (including phenoxy) is 1. The first kappa shape index (κ1) is 21.1. The van der Waals surface area contributed by atoms with E-state index in [9.17, 15) is 5.26 Å². The zero-order valence-corrected chi connectivity index (χ0v) is 19.7. The maximum absolute atomic E-state index is 9.30. The molecule has 0 unspecified atom stereocenters. The summed E-state index contributed by atoms with van der Waals surface area (Å²) in [5, 5.41) is 11.8. The molecule has 0 bridgehead atoms. The molecule has 0 spiro atoms. The highest BCUT2D eigenvalue weighted by molar-refractivity contribution is 5.94. The molecule has 2 N–H and O–H groups in total. The van der Waals surface area contributed by atoms with E-state index >= 15 is 0 Å². The van der Waals surface area contributed by atoms with Crippen molar-refractivity contribution < 1.29 is 4.74 Å². The van der Waals surface area contributed by atoms with Crippen LogP contribution < -0.4 is 9.64 Å². The van der Waals surface area contributed by atoms with E-state index in [1.165, 1.54) is 47.7 Å². The van der Waals surface area contributed by atoms with E-state index in [0.717, 1.165) is 48.5 Å². The summed E-state index contributed by atoms with van der Waals surface area (Å²) in [6.07, 6.45) is 9.11. The Morgan fingerprint density at radius 1 is 0.912 bits per heavy atom. The number of nitriles is 1. The number of piperazine rings is 1. The molecule has 1 aliphatic heterocycles. The standard InChI is InChI=1S/C28H31N5O/c1-34-22-15-27-23(8-9-30-27)28(16-22)33-12-10-32(11-13-33)21-5-3-20(4-6-21)25-18-31-26-7-2-19(17-29)14-24(25)26/h2,7-9,14-16,18,20-21,30-31H,3-6,10-13H2,1H3. The van der Waals surface area contributed by atoms with Gasteiger partial charge < -0.3 is 19.6 Å². The first-order chi connectivity index (χ1) is 16.7. The number of fused-ring (bicyclic) bond motifs is 2. The quantitative estimate of drug-likeness (QED) is 0.435. The predicted octanol–water partition coefficient (Wildman–Crippen LogP) is 5.38. The van der Waals surface area contributed by atoms with Crippen LogP contribution in [0.25, 0.3) is 21.8 Å². The summed E-state index contributed by atoms with van der Waals surface area (Å²) in [4.78, 5) is 12.0. The van der Waals surface area contributed by atoms with Crippen LogP contribution in [0.2, 0.25) is 0 Å². The number of H-pyrrole nitrogens is 2. The van der Waals surface area contributed by atoms with Crippen molar-refractivity contribution in [3.63, 3.8) is 0 Å². The number of aromatic amines is 2. The van der Waals surface area contributed by atoms with Gasteiger partial charge in [-0.3, -0.25) is 4.90 Å². The molecule has 3 heterocycles. The highest BCUT2D eigenvalue weighted by Gasteiger charge is 2.30. The largest absolute Gasteiger partial charge is 0.497 e. The number of anilines is 1. The van der Waals surface area contributed by atoms with Gasteiger partial charge in [0.2, 0.25) is 0 Å². The van der Waals surface area contributed by atoms with Crippen molar-refractivity contribution in [2.24, 2.45) is 0 Å². The minimum Gasteiger partial charge on any atom is -0.497 e. The summed E-state index contributed by atoms with van der Waals surface area (Å²) in [5.74, 6) is 1.49. The highest BCUT2D eigenvalue weighted by atomic mass is 16.5. The molecule has 2 aliphatic rings. The Hall–Kier alpha value is -3.43. The molecule has 6 nitrogen and oxygen atoms in total. The third kappa shape index (κ3) is 3.70. The number of methoxy groups -OCH3 is 1. The van der Waals surface area contributed by atoms with Crippen molar-refractivity contribution >= 4 is 27.5 Å². The fraction of sp³-hybridized carbons (Fsp3) is 0.393. The molecule has 2 aromatic heterocycles. The van der Waals surface area contributed by atoms with Gasteiger partial charge in [0.05, 0.1) is 24.3 Å². The van der Waals surface area contributed by atoms with E-state index in [1.807, 2.05) is 24.4 Å². The molecular weight excluding hydrogens is 422 g/mol. The van der Waals surface area contributed by atoms with Gasteiger partial charge in [-0.25, -0.2) is 0 Å². The summed E-state index contributed by atoms with van der Waals surface area (Å²) in [6.45, 7) is 4.31.